The fourth-order valence-electron chi connectivity index (χ4n) is 3.29. The van der Waals surface area contributed by atoms with E-state index in [1.807, 2.05) is 13.0 Å². The van der Waals surface area contributed by atoms with E-state index in [2.05, 4.69) is 11.6 Å². The molecule has 0 spiro atoms. The lowest BCUT2D eigenvalue weighted by molar-refractivity contribution is -0.137. The van der Waals surface area contributed by atoms with Crippen LogP contribution in [0.25, 0.3) is 5.57 Å². The Kier molecular flexibility index (Phi) is 7.85. The number of aryl methyl sites for hydroxylation is 2. The number of benzene rings is 1. The first-order valence-electron chi connectivity index (χ1n) is 9.52. The van der Waals surface area contributed by atoms with Gasteiger partial charge in [0.25, 0.3) is 5.91 Å². The van der Waals surface area contributed by atoms with E-state index in [4.69, 9.17) is 11.6 Å². The minimum Gasteiger partial charge on any atom is -0.337 e. The lowest BCUT2D eigenvalue weighted by Crippen LogP contribution is -2.28. The monoisotopic (exact) mass is 448 g/mol. The lowest BCUT2D eigenvalue weighted by Gasteiger charge is -2.22. The van der Waals surface area contributed by atoms with Gasteiger partial charge in [0, 0.05) is 41.7 Å². The molecular formula is C24H24ClF3N2O. The highest BCUT2D eigenvalue weighted by Gasteiger charge is 2.31. The Labute approximate surface area is 185 Å². The fourth-order valence-corrected chi connectivity index (χ4v) is 3.40. The van der Waals surface area contributed by atoms with E-state index < -0.39 is 11.7 Å². The zero-order valence-corrected chi connectivity index (χ0v) is 18.6. The van der Waals surface area contributed by atoms with Gasteiger partial charge in [0.2, 0.25) is 0 Å². The molecule has 0 N–H and O–H groups in total. The Morgan fingerprint density at radius 1 is 1.26 bits per heavy atom. The molecule has 1 aromatic carbocycles. The molecule has 0 aliphatic rings. The van der Waals surface area contributed by atoms with Crippen molar-refractivity contribution < 1.29 is 18.0 Å². The van der Waals surface area contributed by atoms with Crippen LogP contribution in [0.5, 0.6) is 0 Å². The smallest absolute Gasteiger partial charge is 0.337 e. The van der Waals surface area contributed by atoms with Gasteiger partial charge in [-0.2, -0.15) is 13.2 Å². The number of carbonyl (C=O) groups excluding carboxylic acids is 1. The molecule has 31 heavy (non-hydrogen) atoms. The van der Waals surface area contributed by atoms with Crippen molar-refractivity contribution in [3.63, 3.8) is 0 Å². The molecule has 164 valence electrons. The second-order valence-electron chi connectivity index (χ2n) is 7.21. The second kappa shape index (κ2) is 9.96. The highest BCUT2D eigenvalue weighted by Crippen LogP contribution is 2.32. The minimum absolute atomic E-state index is 0.0159. The highest BCUT2D eigenvalue weighted by atomic mass is 35.5. The molecular weight excluding hydrogens is 425 g/mol. The zero-order valence-electron chi connectivity index (χ0n) is 17.8. The number of alkyl halides is 3. The van der Waals surface area contributed by atoms with Crippen molar-refractivity contribution in [1.82, 2.24) is 9.88 Å². The molecule has 0 bridgehead atoms. The van der Waals surface area contributed by atoms with Crippen molar-refractivity contribution in [1.29, 1.82) is 0 Å². The van der Waals surface area contributed by atoms with Crippen LogP contribution in [0.4, 0.5) is 13.2 Å². The van der Waals surface area contributed by atoms with Crippen molar-refractivity contribution in [2.24, 2.45) is 0 Å². The molecule has 1 aromatic heterocycles. The molecule has 0 saturated carbocycles. The van der Waals surface area contributed by atoms with Gasteiger partial charge in [-0.25, -0.2) is 0 Å². The predicted octanol–water partition coefficient (Wildman–Crippen LogP) is 6.46. The average molecular weight is 449 g/mol. The van der Waals surface area contributed by atoms with Crippen molar-refractivity contribution in [2.75, 3.05) is 7.05 Å². The molecule has 2 aromatic rings. The molecule has 2 rings (SSSR count). The van der Waals surface area contributed by atoms with Crippen LogP contribution in [0.15, 0.2) is 65.9 Å². The van der Waals surface area contributed by atoms with Gasteiger partial charge in [-0.3, -0.25) is 9.78 Å². The summed E-state index contributed by atoms with van der Waals surface area (Å²) in [6.45, 7) is 8.83. The molecule has 0 fully saturated rings. The van der Waals surface area contributed by atoms with Crippen LogP contribution in [0, 0.1) is 13.8 Å². The van der Waals surface area contributed by atoms with E-state index in [0.717, 1.165) is 12.1 Å². The molecule has 0 aliphatic carbocycles. The molecule has 0 aliphatic heterocycles. The first-order chi connectivity index (χ1) is 14.4. The fraction of sp³-hybridized carbons (Fsp3) is 0.250. The normalized spacial score (nSPS) is 12.6. The quantitative estimate of drug-likeness (QED) is 0.375. The van der Waals surface area contributed by atoms with Gasteiger partial charge in [0.1, 0.15) is 0 Å². The Balaban J connectivity index is 2.40. The Hall–Kier alpha value is -2.86. The molecule has 0 atom stereocenters. The number of amides is 1. The van der Waals surface area contributed by atoms with E-state index in [9.17, 15) is 18.0 Å². The second-order valence-corrected chi connectivity index (χ2v) is 7.70. The molecule has 1 heterocycles. The van der Waals surface area contributed by atoms with E-state index in [0.29, 0.717) is 33.5 Å². The third-order valence-corrected chi connectivity index (χ3v) is 4.75. The summed E-state index contributed by atoms with van der Waals surface area (Å²) in [6.07, 6.45) is 0.424. The van der Waals surface area contributed by atoms with Gasteiger partial charge >= 0.3 is 6.18 Å². The van der Waals surface area contributed by atoms with Gasteiger partial charge in [0.05, 0.1) is 5.56 Å². The van der Waals surface area contributed by atoms with Crippen LogP contribution in [-0.2, 0) is 17.5 Å². The van der Waals surface area contributed by atoms with Gasteiger partial charge in [-0.1, -0.05) is 42.0 Å². The zero-order chi connectivity index (χ0) is 23.3. The molecule has 0 saturated heterocycles. The minimum atomic E-state index is -4.45. The number of carbonyl (C=O) groups is 1. The molecule has 0 unspecified atom stereocenters. The predicted molar refractivity (Wildman–Crippen MR) is 118 cm³/mol. The number of nitrogens with zero attached hydrogens (tertiary/aromatic N) is 2. The van der Waals surface area contributed by atoms with Crippen molar-refractivity contribution >= 4 is 23.1 Å². The maximum absolute atomic E-state index is 13.3. The maximum Gasteiger partial charge on any atom is 0.416 e. The first kappa shape index (κ1) is 24.4. The number of hydrogen-bond donors (Lipinski definition) is 0. The first-order valence-corrected chi connectivity index (χ1v) is 9.89. The van der Waals surface area contributed by atoms with E-state index >= 15 is 0 Å². The maximum atomic E-state index is 13.3. The summed E-state index contributed by atoms with van der Waals surface area (Å²) in [5.41, 5.74) is 2.45. The van der Waals surface area contributed by atoms with Crippen molar-refractivity contribution in [2.45, 2.75) is 33.5 Å². The molecule has 3 nitrogen and oxygen atoms in total. The van der Waals surface area contributed by atoms with E-state index in [-0.39, 0.29) is 17.5 Å². The number of pyridine rings is 1. The topological polar surface area (TPSA) is 33.2 Å². The summed E-state index contributed by atoms with van der Waals surface area (Å²) in [5, 5.41) is 0.238. The molecule has 0 radical (unpaired) electrons. The third-order valence-electron chi connectivity index (χ3n) is 4.64. The largest absolute Gasteiger partial charge is 0.416 e. The van der Waals surface area contributed by atoms with Crippen LogP contribution >= 0.6 is 11.6 Å². The molecule has 7 heteroatoms. The highest BCUT2D eigenvalue weighted by molar-refractivity contribution is 6.31. The number of halogens is 4. The Morgan fingerprint density at radius 3 is 2.48 bits per heavy atom. The Bertz CT molecular complexity index is 1060. The van der Waals surface area contributed by atoms with Crippen molar-refractivity contribution in [3.05, 3.63) is 93.8 Å². The number of hydrogen-bond acceptors (Lipinski definition) is 2. The van der Waals surface area contributed by atoms with E-state index in [1.54, 1.807) is 51.4 Å². The van der Waals surface area contributed by atoms with Crippen LogP contribution < -0.4 is 0 Å². The SMILES string of the molecule is C=C(Cl)/C=C(\C(=C/C)C(=O)N(C)Cc1cc(C)cc(C(F)(F)F)c1)c1cccnc1C. The average Bonchev–Trinajstić information content (AvgIpc) is 2.66. The van der Waals surface area contributed by atoms with Crippen LogP contribution in [-0.4, -0.2) is 22.8 Å². The number of allylic oxidation sites excluding steroid dienone is 3. The van der Waals surface area contributed by atoms with Gasteiger partial charge < -0.3 is 4.90 Å². The number of likely N-dealkylation sites (N-methyl/N-ethyl adjacent to an activating group) is 1. The number of rotatable bonds is 6. The summed E-state index contributed by atoms with van der Waals surface area (Å²) >= 11 is 6.02. The van der Waals surface area contributed by atoms with Gasteiger partial charge in [-0.15, -0.1) is 0 Å². The third kappa shape index (κ3) is 6.31. The molecule has 1 amide bonds. The standard InChI is InChI=1S/C24H24ClF3N2O/c1-6-20(22(12-16(3)25)21-8-7-9-29-17(21)4)23(31)30(5)14-18-10-15(2)11-19(13-18)24(26,27)28/h6-13H,3,14H2,1-2,4-5H3/b20-6+,22-12+. The lowest BCUT2D eigenvalue weighted by atomic mass is 9.95. The summed E-state index contributed by atoms with van der Waals surface area (Å²) in [7, 11) is 1.55. The number of aromatic nitrogens is 1. The Morgan fingerprint density at radius 2 is 1.94 bits per heavy atom. The van der Waals surface area contributed by atoms with Crippen LogP contribution in [0.1, 0.15) is 34.9 Å². The van der Waals surface area contributed by atoms with Crippen LogP contribution in [0.2, 0.25) is 0 Å². The van der Waals surface area contributed by atoms with Gasteiger partial charge in [-0.05, 0) is 56.2 Å². The van der Waals surface area contributed by atoms with Crippen molar-refractivity contribution in [3.8, 4) is 0 Å². The summed E-state index contributed by atoms with van der Waals surface area (Å²) in [5.74, 6) is -0.356. The van der Waals surface area contributed by atoms with E-state index in [1.165, 1.54) is 4.90 Å². The summed E-state index contributed by atoms with van der Waals surface area (Å²) < 4.78 is 39.5. The van der Waals surface area contributed by atoms with Gasteiger partial charge in [0.15, 0.2) is 0 Å². The van der Waals surface area contributed by atoms with Crippen LogP contribution in [0.3, 0.4) is 0 Å². The summed E-state index contributed by atoms with van der Waals surface area (Å²) in [4.78, 5) is 18.9. The summed E-state index contributed by atoms with van der Waals surface area (Å²) in [6, 6.07) is 7.35.